The molecule has 0 aliphatic carbocycles. The Hall–Kier alpha value is -3.78. The number of nitrogens with two attached hydrogens (primary N) is 1. The van der Waals surface area contributed by atoms with Gasteiger partial charge in [-0.3, -0.25) is 4.55 Å². The number of fused-ring (bicyclic) bond motifs is 1. The Balaban J connectivity index is 1.68. The van der Waals surface area contributed by atoms with E-state index < -0.39 is 23.3 Å². The van der Waals surface area contributed by atoms with E-state index in [2.05, 4.69) is 14.6 Å². The molecule has 4 N–H and O–H groups in total. The first-order valence-corrected chi connectivity index (χ1v) is 14.7. The molecule has 3 atom stereocenters. The molecule has 4 aromatic rings. The molecule has 10 nitrogen and oxygen atoms in total. The smallest absolute Gasteiger partial charge is 0.231 e. The van der Waals surface area contributed by atoms with Gasteiger partial charge in [-0.1, -0.05) is 18.2 Å². The molecule has 1 saturated heterocycles. The van der Waals surface area contributed by atoms with Crippen molar-refractivity contribution in [1.82, 2.24) is 19.7 Å². The maximum atomic E-state index is 15.9. The molecule has 0 saturated carbocycles. The summed E-state index contributed by atoms with van der Waals surface area (Å²) in [5.41, 5.74) is 7.53. The lowest BCUT2D eigenvalue weighted by atomic mass is 9.97. The second-order valence-corrected chi connectivity index (χ2v) is 10.7. The van der Waals surface area contributed by atoms with E-state index in [1.165, 1.54) is 6.07 Å². The van der Waals surface area contributed by atoms with E-state index in [0.29, 0.717) is 71.6 Å². The van der Waals surface area contributed by atoms with Crippen molar-refractivity contribution in [2.45, 2.75) is 32.5 Å². The summed E-state index contributed by atoms with van der Waals surface area (Å²) in [5.74, 6) is 1.15. The van der Waals surface area contributed by atoms with Crippen molar-refractivity contribution in [2.75, 3.05) is 43.5 Å². The Kier molecular flexibility index (Phi) is 9.21. The van der Waals surface area contributed by atoms with Crippen LogP contribution in [0.5, 0.6) is 5.75 Å². The van der Waals surface area contributed by atoms with Crippen LogP contribution in [0.15, 0.2) is 48.7 Å². The third-order valence-electron chi connectivity index (χ3n) is 7.03. The Bertz CT molecular complexity index is 1590. The van der Waals surface area contributed by atoms with E-state index in [1.54, 1.807) is 42.6 Å². The van der Waals surface area contributed by atoms with Gasteiger partial charge in [-0.15, -0.1) is 0 Å². The minimum atomic E-state index is -2.28. The molecule has 0 amide bonds. The Morgan fingerprint density at radius 1 is 1.26 bits per heavy atom. The molecule has 3 heterocycles. The first-order valence-electron chi connectivity index (χ1n) is 13.6. The predicted octanol–water partition coefficient (Wildman–Crippen LogP) is 4.83. The van der Waals surface area contributed by atoms with Crippen LogP contribution in [0.4, 0.5) is 20.4 Å². The van der Waals surface area contributed by atoms with Gasteiger partial charge < -0.3 is 20.1 Å². The van der Waals surface area contributed by atoms with Crippen molar-refractivity contribution in [1.29, 1.82) is 0 Å². The number of pyridine rings is 1. The fraction of sp³-hybridized carbons (Fsp3) is 0.345. The van der Waals surface area contributed by atoms with Crippen LogP contribution in [0.25, 0.3) is 33.4 Å². The van der Waals surface area contributed by atoms with Gasteiger partial charge in [-0.25, -0.2) is 32.7 Å². The lowest BCUT2D eigenvalue weighted by molar-refractivity contribution is 0.0987. The molecule has 1 aliphatic rings. The third-order valence-corrected chi connectivity index (χ3v) is 7.48. The van der Waals surface area contributed by atoms with Crippen LogP contribution in [0.3, 0.4) is 0 Å². The number of nitrogen functional groups attached to an aromatic ring is 1. The highest BCUT2D eigenvalue weighted by Gasteiger charge is 2.26. The van der Waals surface area contributed by atoms with Crippen LogP contribution in [0, 0.1) is 5.82 Å². The van der Waals surface area contributed by atoms with Gasteiger partial charge in [0.1, 0.15) is 34.9 Å². The molecule has 42 heavy (non-hydrogen) atoms. The average Bonchev–Trinajstić information content (AvgIpc) is 2.97. The van der Waals surface area contributed by atoms with Crippen LogP contribution >= 0.6 is 0 Å². The predicted molar refractivity (Wildman–Crippen MR) is 159 cm³/mol. The lowest BCUT2D eigenvalue weighted by Crippen LogP contribution is -2.44. The lowest BCUT2D eigenvalue weighted by Gasteiger charge is -2.35. The quantitative estimate of drug-likeness (QED) is 0.219. The molecule has 222 valence electrons. The fourth-order valence-electron chi connectivity index (χ4n) is 4.98. The van der Waals surface area contributed by atoms with E-state index in [4.69, 9.17) is 29.7 Å². The van der Waals surface area contributed by atoms with Gasteiger partial charge in [-0.2, -0.15) is 0 Å². The molecule has 0 spiro atoms. The number of hydrogen-bond acceptors (Lipinski definition) is 8. The Morgan fingerprint density at radius 2 is 2.10 bits per heavy atom. The molecule has 5 rings (SSSR count). The molecular weight excluding hydrogens is 566 g/mol. The van der Waals surface area contributed by atoms with Crippen molar-refractivity contribution in [3.8, 4) is 28.3 Å². The van der Waals surface area contributed by atoms with Gasteiger partial charge in [0.15, 0.2) is 5.82 Å². The van der Waals surface area contributed by atoms with Crippen molar-refractivity contribution < 1.29 is 27.0 Å². The molecule has 13 heteroatoms. The Morgan fingerprint density at radius 3 is 2.81 bits per heavy atom. The minimum absolute atomic E-state index is 0.00247. The first kappa shape index (κ1) is 29.7. The average molecular weight is 599 g/mol. The summed E-state index contributed by atoms with van der Waals surface area (Å²) >= 11 is -2.28. The number of nitrogens with one attached hydrogen (secondary N) is 1. The normalized spacial score (nSPS) is 16.9. The summed E-state index contributed by atoms with van der Waals surface area (Å²) in [7, 11) is 0. The van der Waals surface area contributed by atoms with Crippen molar-refractivity contribution in [3.05, 3.63) is 60.0 Å². The second kappa shape index (κ2) is 13.0. The number of hydrogen-bond donors (Lipinski definition) is 3. The van der Waals surface area contributed by atoms with Gasteiger partial charge in [0, 0.05) is 41.4 Å². The number of alkyl halides is 1. The Labute approximate surface area is 244 Å². The highest BCUT2D eigenvalue weighted by atomic mass is 32.2. The molecular formula is C29H32F2N6O4S. The van der Waals surface area contributed by atoms with Crippen LogP contribution in [-0.2, 0) is 16.0 Å². The summed E-state index contributed by atoms with van der Waals surface area (Å²) in [5, 5.41) is 0.646. The molecule has 2 aromatic heterocycles. The van der Waals surface area contributed by atoms with E-state index in [1.807, 2.05) is 13.8 Å². The molecule has 1 aliphatic heterocycles. The summed E-state index contributed by atoms with van der Waals surface area (Å²) in [6, 6.07) is 11.5. The standard InChI is InChI=1S/C29H32F2N6O4S/c1-3-41-24-14-19(20-5-4-6-21(26(20)31)23(30)9-10-34-42(38)39)13-22-27(24)35-28(18-7-8-25(32)33-15-18)36-29(22)37-11-12-40-16-17(37)2/h4-8,13-15,17,23,34H,3,9-12,16H2,1-2H3,(H2,32,33)(H,38,39). The number of anilines is 2. The summed E-state index contributed by atoms with van der Waals surface area (Å²) in [6.45, 7) is 5.73. The zero-order valence-corrected chi connectivity index (χ0v) is 24.0. The minimum Gasteiger partial charge on any atom is -0.492 e. The van der Waals surface area contributed by atoms with E-state index in [9.17, 15) is 4.21 Å². The van der Waals surface area contributed by atoms with Gasteiger partial charge in [-0.05, 0) is 50.1 Å². The number of aromatic nitrogens is 3. The van der Waals surface area contributed by atoms with E-state index in [-0.39, 0.29) is 30.1 Å². The zero-order chi connectivity index (χ0) is 29.8. The van der Waals surface area contributed by atoms with Crippen LogP contribution in [-0.4, -0.2) is 62.7 Å². The molecule has 0 bridgehead atoms. The van der Waals surface area contributed by atoms with Gasteiger partial charge in [0.05, 0.1) is 25.9 Å². The number of morpholine rings is 1. The van der Waals surface area contributed by atoms with Crippen LogP contribution < -0.4 is 20.1 Å². The maximum absolute atomic E-state index is 15.9. The highest BCUT2D eigenvalue weighted by molar-refractivity contribution is 7.77. The van der Waals surface area contributed by atoms with Crippen molar-refractivity contribution >= 4 is 33.8 Å². The number of rotatable bonds is 10. The number of halogens is 2. The fourth-order valence-corrected chi connectivity index (χ4v) is 5.27. The topological polar surface area (TPSA) is 136 Å². The second-order valence-electron chi connectivity index (χ2n) is 9.87. The van der Waals surface area contributed by atoms with Gasteiger partial charge in [0.25, 0.3) is 0 Å². The highest BCUT2D eigenvalue weighted by Crippen LogP contribution is 2.40. The van der Waals surface area contributed by atoms with E-state index in [0.717, 1.165) is 0 Å². The molecule has 3 unspecified atom stereocenters. The largest absolute Gasteiger partial charge is 0.492 e. The van der Waals surface area contributed by atoms with Gasteiger partial charge >= 0.3 is 0 Å². The first-order chi connectivity index (χ1) is 20.3. The summed E-state index contributed by atoms with van der Waals surface area (Å²) in [6.07, 6.45) is -0.249. The van der Waals surface area contributed by atoms with Crippen molar-refractivity contribution in [2.24, 2.45) is 0 Å². The van der Waals surface area contributed by atoms with Crippen LogP contribution in [0.1, 0.15) is 32.0 Å². The molecule has 2 aromatic carbocycles. The third kappa shape index (κ3) is 6.33. The monoisotopic (exact) mass is 598 g/mol. The van der Waals surface area contributed by atoms with Crippen LogP contribution in [0.2, 0.25) is 0 Å². The SMILES string of the molecule is CCOc1cc(-c2cccc(C(F)CCNS(=O)O)c2F)cc2c(N3CCOCC3C)nc(-c3ccc(N)nc3)nc12. The maximum Gasteiger partial charge on any atom is 0.231 e. The summed E-state index contributed by atoms with van der Waals surface area (Å²) in [4.78, 5) is 16.1. The van der Waals surface area contributed by atoms with Crippen molar-refractivity contribution in [3.63, 3.8) is 0 Å². The molecule has 1 fully saturated rings. The summed E-state index contributed by atoms with van der Waals surface area (Å²) < 4.78 is 64.6. The number of ether oxygens (including phenoxy) is 2. The van der Waals surface area contributed by atoms with Gasteiger partial charge in [0.2, 0.25) is 11.3 Å². The number of benzene rings is 2. The van der Waals surface area contributed by atoms with E-state index >= 15 is 8.78 Å². The number of nitrogens with zero attached hydrogens (tertiary/aromatic N) is 4. The molecule has 0 radical (unpaired) electrons. The zero-order valence-electron chi connectivity index (χ0n) is 23.2.